The number of aliphatic hydroxyl groups is 1. The second-order valence-corrected chi connectivity index (χ2v) is 4.17. The van der Waals surface area contributed by atoms with E-state index in [1.54, 1.807) is 0 Å². The molecule has 94 valence electrons. The van der Waals surface area contributed by atoms with Crippen LogP contribution in [0.5, 0.6) is 0 Å². The number of carboxylic acid groups (broad SMARTS) is 1. The molecule has 0 spiro atoms. The van der Waals surface area contributed by atoms with Gasteiger partial charge in [-0.1, -0.05) is 0 Å². The van der Waals surface area contributed by atoms with Gasteiger partial charge in [0.25, 0.3) is 0 Å². The largest absolute Gasteiger partial charge is 0.480 e. The second-order valence-electron chi connectivity index (χ2n) is 4.17. The Labute approximate surface area is 90.7 Å². The van der Waals surface area contributed by atoms with E-state index >= 15 is 0 Å². The lowest BCUT2D eigenvalue weighted by atomic mass is 9.87. The van der Waals surface area contributed by atoms with Crippen molar-refractivity contribution in [2.24, 2.45) is 5.41 Å². The molecule has 0 aliphatic carbocycles. The molecule has 16 heavy (non-hydrogen) atoms. The number of hydrogen-bond acceptors (Lipinski definition) is 3. The summed E-state index contributed by atoms with van der Waals surface area (Å²) in [7, 11) is 0. The summed E-state index contributed by atoms with van der Waals surface area (Å²) < 4.78 is 38.2. The maximum atomic E-state index is 12.7. The van der Waals surface area contributed by atoms with Crippen molar-refractivity contribution in [2.75, 3.05) is 19.7 Å². The van der Waals surface area contributed by atoms with Gasteiger partial charge in [0.15, 0.2) is 0 Å². The molecule has 0 bridgehead atoms. The highest BCUT2D eigenvalue weighted by Crippen LogP contribution is 2.45. The molecule has 1 saturated heterocycles. The first kappa shape index (κ1) is 13.2. The fourth-order valence-electron chi connectivity index (χ4n) is 1.84. The number of alkyl halides is 3. The zero-order chi connectivity index (χ0) is 12.6. The highest BCUT2D eigenvalue weighted by molar-refractivity contribution is 5.72. The van der Waals surface area contributed by atoms with Crippen LogP contribution in [0.3, 0.4) is 0 Å². The molecule has 1 fully saturated rings. The Hall–Kier alpha value is -0.820. The number of likely N-dealkylation sites (tertiary alicyclic amines) is 1. The lowest BCUT2D eigenvalue weighted by molar-refractivity contribution is -0.231. The minimum Gasteiger partial charge on any atom is -0.480 e. The van der Waals surface area contributed by atoms with Gasteiger partial charge >= 0.3 is 12.1 Å². The third-order valence-electron chi connectivity index (χ3n) is 3.19. The first-order valence-electron chi connectivity index (χ1n) is 4.88. The highest BCUT2D eigenvalue weighted by atomic mass is 19.4. The Morgan fingerprint density at radius 1 is 1.56 bits per heavy atom. The van der Waals surface area contributed by atoms with Crippen molar-refractivity contribution in [1.29, 1.82) is 0 Å². The van der Waals surface area contributed by atoms with Crippen LogP contribution in [-0.2, 0) is 4.79 Å². The van der Waals surface area contributed by atoms with Crippen LogP contribution < -0.4 is 0 Å². The predicted molar refractivity (Wildman–Crippen MR) is 48.9 cm³/mol. The standard InChI is InChI=1S/C9H14F3NO3/c1-6(7(15)16)13-3-2-8(4-13,5-14)9(10,11)12/h6,14H,2-5H2,1H3,(H,15,16)/t6-,8+/m0/s1. The molecule has 4 nitrogen and oxygen atoms in total. The number of hydrogen-bond donors (Lipinski definition) is 2. The van der Waals surface area contributed by atoms with Gasteiger partial charge in [-0.05, 0) is 13.3 Å². The summed E-state index contributed by atoms with van der Waals surface area (Å²) in [6.45, 7) is -0.0838. The summed E-state index contributed by atoms with van der Waals surface area (Å²) in [5.74, 6) is -1.16. The smallest absolute Gasteiger partial charge is 0.397 e. The van der Waals surface area contributed by atoms with E-state index in [1.165, 1.54) is 11.8 Å². The van der Waals surface area contributed by atoms with Crippen molar-refractivity contribution in [1.82, 2.24) is 4.90 Å². The van der Waals surface area contributed by atoms with Crippen molar-refractivity contribution in [2.45, 2.75) is 25.6 Å². The van der Waals surface area contributed by atoms with Crippen molar-refractivity contribution in [3.63, 3.8) is 0 Å². The Morgan fingerprint density at radius 2 is 2.12 bits per heavy atom. The fourth-order valence-corrected chi connectivity index (χ4v) is 1.84. The van der Waals surface area contributed by atoms with Crippen molar-refractivity contribution in [3.05, 3.63) is 0 Å². The quantitative estimate of drug-likeness (QED) is 0.763. The minimum atomic E-state index is -4.51. The van der Waals surface area contributed by atoms with Crippen LogP contribution in [0.25, 0.3) is 0 Å². The summed E-state index contributed by atoms with van der Waals surface area (Å²) in [6.07, 6.45) is -4.76. The molecule has 0 aromatic carbocycles. The Kier molecular flexibility index (Phi) is 3.49. The number of halogens is 3. The van der Waals surface area contributed by atoms with Gasteiger partial charge in [0.05, 0.1) is 6.61 Å². The summed E-state index contributed by atoms with van der Waals surface area (Å²) in [4.78, 5) is 11.9. The van der Waals surface area contributed by atoms with Crippen molar-refractivity contribution >= 4 is 5.97 Å². The van der Waals surface area contributed by atoms with Crippen LogP contribution in [0.15, 0.2) is 0 Å². The van der Waals surface area contributed by atoms with Crippen LogP contribution >= 0.6 is 0 Å². The topological polar surface area (TPSA) is 60.8 Å². The molecule has 1 heterocycles. The van der Waals surface area contributed by atoms with Crippen LogP contribution in [0, 0.1) is 5.41 Å². The maximum absolute atomic E-state index is 12.7. The van der Waals surface area contributed by atoms with E-state index in [0.717, 1.165) is 0 Å². The normalized spacial score (nSPS) is 29.3. The summed E-state index contributed by atoms with van der Waals surface area (Å²) in [5.41, 5.74) is -2.17. The second kappa shape index (κ2) is 4.21. The van der Waals surface area contributed by atoms with Gasteiger partial charge in [0, 0.05) is 13.1 Å². The average Bonchev–Trinajstić information content (AvgIpc) is 2.60. The Bertz CT molecular complexity index is 282. The molecule has 2 N–H and O–H groups in total. The van der Waals surface area contributed by atoms with Gasteiger partial charge in [0.2, 0.25) is 0 Å². The molecule has 0 aromatic rings. The van der Waals surface area contributed by atoms with Crippen molar-refractivity contribution in [3.8, 4) is 0 Å². The average molecular weight is 241 g/mol. The Morgan fingerprint density at radius 3 is 2.44 bits per heavy atom. The number of rotatable bonds is 3. The Balaban J connectivity index is 2.80. The molecular formula is C9H14F3NO3. The first-order valence-corrected chi connectivity index (χ1v) is 4.88. The SMILES string of the molecule is C[C@@H](C(=O)O)N1CC[C@@](CO)(C(F)(F)F)C1. The monoisotopic (exact) mass is 241 g/mol. The van der Waals surface area contributed by atoms with Gasteiger partial charge < -0.3 is 10.2 Å². The van der Waals surface area contributed by atoms with Crippen LogP contribution in [0.1, 0.15) is 13.3 Å². The van der Waals surface area contributed by atoms with Crippen LogP contribution in [-0.4, -0.2) is 53.0 Å². The molecule has 0 unspecified atom stereocenters. The minimum absolute atomic E-state index is 0.0353. The number of aliphatic hydroxyl groups excluding tert-OH is 1. The van der Waals surface area contributed by atoms with Gasteiger partial charge in [-0.3, -0.25) is 9.69 Å². The van der Waals surface area contributed by atoms with Crippen LogP contribution in [0.2, 0.25) is 0 Å². The summed E-state index contributed by atoms with van der Waals surface area (Å²) >= 11 is 0. The molecule has 0 saturated carbocycles. The van der Waals surface area contributed by atoms with Crippen molar-refractivity contribution < 1.29 is 28.2 Å². The third-order valence-corrected chi connectivity index (χ3v) is 3.19. The third kappa shape index (κ3) is 2.15. The number of aliphatic carboxylic acids is 1. The lowest BCUT2D eigenvalue weighted by Crippen LogP contribution is -2.46. The number of carboxylic acids is 1. The molecule has 1 rings (SSSR count). The zero-order valence-electron chi connectivity index (χ0n) is 8.79. The molecule has 1 aliphatic heterocycles. The van der Waals surface area contributed by atoms with Gasteiger partial charge in [-0.2, -0.15) is 13.2 Å². The predicted octanol–water partition coefficient (Wildman–Crippen LogP) is 0.706. The maximum Gasteiger partial charge on any atom is 0.397 e. The van der Waals surface area contributed by atoms with E-state index in [-0.39, 0.29) is 13.0 Å². The number of nitrogens with zero attached hydrogens (tertiary/aromatic N) is 1. The van der Waals surface area contributed by atoms with E-state index in [9.17, 15) is 18.0 Å². The summed E-state index contributed by atoms with van der Waals surface area (Å²) in [5, 5.41) is 17.6. The molecule has 0 radical (unpaired) electrons. The molecule has 1 aliphatic rings. The van der Waals surface area contributed by atoms with E-state index in [2.05, 4.69) is 0 Å². The van der Waals surface area contributed by atoms with E-state index in [4.69, 9.17) is 10.2 Å². The molecule has 0 amide bonds. The van der Waals surface area contributed by atoms with Gasteiger partial charge in [0.1, 0.15) is 11.5 Å². The fraction of sp³-hybridized carbons (Fsp3) is 0.889. The molecule has 0 aromatic heterocycles. The van der Waals surface area contributed by atoms with Gasteiger partial charge in [-0.15, -0.1) is 0 Å². The zero-order valence-corrected chi connectivity index (χ0v) is 8.79. The van der Waals surface area contributed by atoms with E-state index in [1.807, 2.05) is 0 Å². The molecule has 2 atom stereocenters. The number of carbonyl (C=O) groups is 1. The van der Waals surface area contributed by atoms with Crippen LogP contribution in [0.4, 0.5) is 13.2 Å². The molecular weight excluding hydrogens is 227 g/mol. The highest BCUT2D eigenvalue weighted by Gasteiger charge is 2.58. The van der Waals surface area contributed by atoms with E-state index in [0.29, 0.717) is 0 Å². The lowest BCUT2D eigenvalue weighted by Gasteiger charge is -2.30. The summed E-state index contributed by atoms with van der Waals surface area (Å²) in [6, 6.07) is -0.962. The van der Waals surface area contributed by atoms with E-state index < -0.39 is 36.8 Å². The first-order chi connectivity index (χ1) is 7.23. The van der Waals surface area contributed by atoms with Gasteiger partial charge in [-0.25, -0.2) is 0 Å². The molecule has 7 heteroatoms.